The molecule has 2 heterocycles. The average Bonchev–Trinajstić information content (AvgIpc) is 2.85. The summed E-state index contributed by atoms with van der Waals surface area (Å²) in [5, 5.41) is 3.79. The molecule has 0 aromatic heterocycles. The molecular weight excluding hydrogens is 218 g/mol. The van der Waals surface area contributed by atoms with E-state index in [0.717, 1.165) is 31.1 Å². The molecule has 0 spiro atoms. The molecule has 2 aliphatic rings. The standard InChI is InChI=1S/C13H25NOS/c1-2-6-14-13(12-5-8-16-10-12)11-4-3-7-15-9-11/h11-14H,2-10H2,1H3. The molecule has 3 unspecified atom stereocenters. The number of rotatable bonds is 5. The fourth-order valence-electron chi connectivity index (χ4n) is 2.91. The van der Waals surface area contributed by atoms with Gasteiger partial charge in [0.05, 0.1) is 6.61 Å². The van der Waals surface area contributed by atoms with Gasteiger partial charge in [-0.2, -0.15) is 11.8 Å². The summed E-state index contributed by atoms with van der Waals surface area (Å²) < 4.78 is 5.66. The number of thioether (sulfide) groups is 1. The largest absolute Gasteiger partial charge is 0.381 e. The van der Waals surface area contributed by atoms with Crippen LogP contribution in [0.25, 0.3) is 0 Å². The van der Waals surface area contributed by atoms with E-state index in [9.17, 15) is 0 Å². The number of ether oxygens (including phenoxy) is 1. The Hall–Kier alpha value is 0.270. The van der Waals surface area contributed by atoms with Gasteiger partial charge in [-0.15, -0.1) is 0 Å². The molecule has 0 amide bonds. The Morgan fingerprint density at radius 1 is 1.38 bits per heavy atom. The molecule has 0 radical (unpaired) electrons. The van der Waals surface area contributed by atoms with Crippen LogP contribution >= 0.6 is 11.8 Å². The van der Waals surface area contributed by atoms with Gasteiger partial charge in [-0.3, -0.25) is 0 Å². The highest BCUT2D eigenvalue weighted by Crippen LogP contribution is 2.32. The second-order valence-electron chi connectivity index (χ2n) is 5.08. The van der Waals surface area contributed by atoms with Gasteiger partial charge in [-0.1, -0.05) is 6.92 Å². The van der Waals surface area contributed by atoms with E-state index in [0.29, 0.717) is 0 Å². The third kappa shape index (κ3) is 3.38. The maximum Gasteiger partial charge on any atom is 0.0509 e. The molecule has 2 aliphatic heterocycles. The van der Waals surface area contributed by atoms with Gasteiger partial charge in [-0.25, -0.2) is 0 Å². The van der Waals surface area contributed by atoms with Crippen molar-refractivity contribution < 1.29 is 4.74 Å². The lowest BCUT2D eigenvalue weighted by atomic mass is 9.84. The molecule has 2 nitrogen and oxygen atoms in total. The molecule has 0 aromatic rings. The highest BCUT2D eigenvalue weighted by atomic mass is 32.2. The Bertz CT molecular complexity index is 188. The zero-order valence-corrected chi connectivity index (χ0v) is 11.2. The van der Waals surface area contributed by atoms with Gasteiger partial charge in [-0.05, 0) is 55.6 Å². The number of nitrogens with one attached hydrogen (secondary N) is 1. The van der Waals surface area contributed by atoms with E-state index in [1.807, 2.05) is 0 Å². The summed E-state index contributed by atoms with van der Waals surface area (Å²) in [5.74, 6) is 4.38. The zero-order chi connectivity index (χ0) is 11.2. The van der Waals surface area contributed by atoms with Crippen molar-refractivity contribution >= 4 is 11.8 Å². The van der Waals surface area contributed by atoms with Gasteiger partial charge in [0, 0.05) is 12.6 Å². The van der Waals surface area contributed by atoms with E-state index in [1.54, 1.807) is 0 Å². The van der Waals surface area contributed by atoms with Crippen molar-refractivity contribution in [1.29, 1.82) is 0 Å². The van der Waals surface area contributed by atoms with Crippen molar-refractivity contribution in [2.24, 2.45) is 11.8 Å². The molecule has 16 heavy (non-hydrogen) atoms. The average molecular weight is 243 g/mol. The number of hydrogen-bond donors (Lipinski definition) is 1. The van der Waals surface area contributed by atoms with Gasteiger partial charge >= 0.3 is 0 Å². The summed E-state index contributed by atoms with van der Waals surface area (Å²) in [6.07, 6.45) is 5.27. The lowest BCUT2D eigenvalue weighted by Crippen LogP contribution is -2.45. The molecule has 0 aliphatic carbocycles. The minimum absolute atomic E-state index is 0.718. The normalized spacial score (nSPS) is 32.8. The van der Waals surface area contributed by atoms with Gasteiger partial charge < -0.3 is 10.1 Å². The molecule has 2 saturated heterocycles. The van der Waals surface area contributed by atoms with Crippen molar-refractivity contribution in [3.63, 3.8) is 0 Å². The summed E-state index contributed by atoms with van der Waals surface area (Å²) in [6.45, 7) is 5.39. The van der Waals surface area contributed by atoms with Crippen LogP contribution < -0.4 is 5.32 Å². The summed E-state index contributed by atoms with van der Waals surface area (Å²) in [4.78, 5) is 0. The highest BCUT2D eigenvalue weighted by molar-refractivity contribution is 7.99. The molecule has 0 bridgehead atoms. The van der Waals surface area contributed by atoms with E-state index < -0.39 is 0 Å². The Morgan fingerprint density at radius 2 is 2.31 bits per heavy atom. The Labute approximate surface area is 104 Å². The third-order valence-electron chi connectivity index (χ3n) is 3.81. The van der Waals surface area contributed by atoms with Crippen molar-refractivity contribution in [2.45, 2.75) is 38.6 Å². The summed E-state index contributed by atoms with van der Waals surface area (Å²) >= 11 is 2.13. The fourth-order valence-corrected chi connectivity index (χ4v) is 4.23. The molecule has 2 fully saturated rings. The summed E-state index contributed by atoms with van der Waals surface area (Å²) in [7, 11) is 0. The van der Waals surface area contributed by atoms with E-state index in [2.05, 4.69) is 24.0 Å². The first-order valence-electron chi connectivity index (χ1n) is 6.80. The quantitative estimate of drug-likeness (QED) is 0.802. The topological polar surface area (TPSA) is 21.3 Å². The molecule has 3 atom stereocenters. The van der Waals surface area contributed by atoms with Crippen molar-refractivity contribution in [3.8, 4) is 0 Å². The van der Waals surface area contributed by atoms with E-state index >= 15 is 0 Å². The molecule has 2 rings (SSSR count). The van der Waals surface area contributed by atoms with Crippen LogP contribution in [0.3, 0.4) is 0 Å². The smallest absolute Gasteiger partial charge is 0.0509 e. The van der Waals surface area contributed by atoms with Crippen LogP contribution in [-0.4, -0.2) is 37.3 Å². The third-order valence-corrected chi connectivity index (χ3v) is 4.99. The fraction of sp³-hybridized carbons (Fsp3) is 1.00. The second kappa shape index (κ2) is 6.87. The summed E-state index contributed by atoms with van der Waals surface area (Å²) in [5.41, 5.74) is 0. The Morgan fingerprint density at radius 3 is 2.94 bits per heavy atom. The maximum absolute atomic E-state index is 5.66. The van der Waals surface area contributed by atoms with Crippen LogP contribution in [0.1, 0.15) is 32.6 Å². The van der Waals surface area contributed by atoms with Crippen LogP contribution in [0.4, 0.5) is 0 Å². The van der Waals surface area contributed by atoms with Gasteiger partial charge in [0.25, 0.3) is 0 Å². The predicted molar refractivity (Wildman–Crippen MR) is 71.1 cm³/mol. The van der Waals surface area contributed by atoms with Crippen LogP contribution in [0.15, 0.2) is 0 Å². The molecule has 94 valence electrons. The minimum atomic E-state index is 0.718. The van der Waals surface area contributed by atoms with E-state index in [-0.39, 0.29) is 0 Å². The first-order chi connectivity index (χ1) is 7.92. The Balaban J connectivity index is 1.89. The highest BCUT2D eigenvalue weighted by Gasteiger charge is 2.32. The molecule has 0 aromatic carbocycles. The zero-order valence-electron chi connectivity index (χ0n) is 10.4. The van der Waals surface area contributed by atoms with Gasteiger partial charge in [0.2, 0.25) is 0 Å². The molecule has 1 N–H and O–H groups in total. The Kier molecular flexibility index (Phi) is 5.46. The maximum atomic E-state index is 5.66. The predicted octanol–water partition coefficient (Wildman–Crippen LogP) is 2.53. The van der Waals surface area contributed by atoms with Crippen molar-refractivity contribution in [2.75, 3.05) is 31.3 Å². The number of hydrogen-bond acceptors (Lipinski definition) is 3. The van der Waals surface area contributed by atoms with Crippen LogP contribution in [0.2, 0.25) is 0 Å². The van der Waals surface area contributed by atoms with Gasteiger partial charge in [0.15, 0.2) is 0 Å². The lowest BCUT2D eigenvalue weighted by Gasteiger charge is -2.34. The van der Waals surface area contributed by atoms with Crippen LogP contribution in [0, 0.1) is 11.8 Å². The van der Waals surface area contributed by atoms with Crippen molar-refractivity contribution in [1.82, 2.24) is 5.32 Å². The van der Waals surface area contributed by atoms with E-state index in [4.69, 9.17) is 4.74 Å². The molecule has 3 heteroatoms. The second-order valence-corrected chi connectivity index (χ2v) is 6.23. The molecule has 0 saturated carbocycles. The summed E-state index contributed by atoms with van der Waals surface area (Å²) in [6, 6.07) is 0.718. The lowest BCUT2D eigenvalue weighted by molar-refractivity contribution is 0.0307. The monoisotopic (exact) mass is 243 g/mol. The first-order valence-corrected chi connectivity index (χ1v) is 7.96. The minimum Gasteiger partial charge on any atom is -0.381 e. The first kappa shape index (κ1) is 12.7. The van der Waals surface area contributed by atoms with E-state index in [1.165, 1.54) is 43.7 Å². The van der Waals surface area contributed by atoms with Crippen molar-refractivity contribution in [3.05, 3.63) is 0 Å². The van der Waals surface area contributed by atoms with Crippen LogP contribution in [0.5, 0.6) is 0 Å². The molecular formula is C13H25NOS. The SMILES string of the molecule is CCCNC(C1CCCOC1)C1CCSC1. The van der Waals surface area contributed by atoms with Gasteiger partial charge in [0.1, 0.15) is 0 Å². The van der Waals surface area contributed by atoms with Crippen LogP contribution in [-0.2, 0) is 4.74 Å².